The first-order valence-corrected chi connectivity index (χ1v) is 9.44. The summed E-state index contributed by atoms with van der Waals surface area (Å²) in [6, 6.07) is 0. The third-order valence-corrected chi connectivity index (χ3v) is 4.68. The summed E-state index contributed by atoms with van der Waals surface area (Å²) in [4.78, 5) is 14.0. The first-order valence-electron chi connectivity index (χ1n) is 9.44. The summed E-state index contributed by atoms with van der Waals surface area (Å²) in [5, 5.41) is 0. The third kappa shape index (κ3) is 5.75. The summed E-state index contributed by atoms with van der Waals surface area (Å²) in [6.07, 6.45) is 3.55. The van der Waals surface area contributed by atoms with Crippen molar-refractivity contribution in [2.75, 3.05) is 13.1 Å². The quantitative estimate of drug-likeness (QED) is 0.647. The van der Waals surface area contributed by atoms with Gasteiger partial charge in [-0.3, -0.25) is 0 Å². The maximum atomic E-state index is 12.2. The van der Waals surface area contributed by atoms with E-state index in [0.717, 1.165) is 18.3 Å². The zero-order valence-corrected chi connectivity index (χ0v) is 17.6. The van der Waals surface area contributed by atoms with Crippen LogP contribution < -0.4 is 0 Å². The second-order valence-corrected chi connectivity index (χ2v) is 8.40. The molecule has 0 bridgehead atoms. The molecule has 0 atom stereocenters. The van der Waals surface area contributed by atoms with Crippen LogP contribution >= 0.6 is 0 Å². The Kier molecular flexibility index (Phi) is 7.16. The molecule has 144 valence electrons. The number of carbonyl (C=O) groups is 1. The lowest BCUT2D eigenvalue weighted by Crippen LogP contribution is -2.41. The SMILES string of the molecule is CC.CC(C)(C)OC(=O)N1CC=C(B2OC(C)(C)C(C)(C)O2)CCC1. The zero-order chi connectivity index (χ0) is 19.5. The molecule has 25 heavy (non-hydrogen) atoms. The number of rotatable bonds is 1. The van der Waals surface area contributed by atoms with Crippen molar-refractivity contribution < 1.29 is 18.8 Å². The van der Waals surface area contributed by atoms with Crippen molar-refractivity contribution in [3.8, 4) is 0 Å². The monoisotopic (exact) mass is 353 g/mol. The highest BCUT2D eigenvalue weighted by Crippen LogP contribution is 2.39. The molecule has 1 fully saturated rings. The first kappa shape index (κ1) is 22.0. The van der Waals surface area contributed by atoms with Crippen LogP contribution in [-0.2, 0) is 14.0 Å². The van der Waals surface area contributed by atoms with Crippen molar-refractivity contribution in [3.05, 3.63) is 11.5 Å². The third-order valence-electron chi connectivity index (χ3n) is 4.68. The maximum absolute atomic E-state index is 12.2. The van der Waals surface area contributed by atoms with Gasteiger partial charge in [-0.05, 0) is 66.8 Å². The van der Waals surface area contributed by atoms with E-state index in [-0.39, 0.29) is 24.4 Å². The van der Waals surface area contributed by atoms with Gasteiger partial charge in [-0.2, -0.15) is 0 Å². The van der Waals surface area contributed by atoms with E-state index < -0.39 is 5.60 Å². The Bertz CT molecular complexity index is 478. The minimum atomic E-state index is -0.471. The van der Waals surface area contributed by atoms with Gasteiger partial charge in [0.15, 0.2) is 0 Å². The second kappa shape index (κ2) is 8.13. The van der Waals surface area contributed by atoms with Gasteiger partial charge in [-0.1, -0.05) is 19.9 Å². The van der Waals surface area contributed by atoms with E-state index in [1.807, 2.05) is 34.6 Å². The molecule has 0 saturated carbocycles. The van der Waals surface area contributed by atoms with Crippen LogP contribution in [0.2, 0.25) is 0 Å². The van der Waals surface area contributed by atoms with E-state index in [9.17, 15) is 4.79 Å². The second-order valence-electron chi connectivity index (χ2n) is 8.40. The molecule has 1 amide bonds. The van der Waals surface area contributed by atoms with Crippen LogP contribution in [0.25, 0.3) is 0 Å². The van der Waals surface area contributed by atoms with Gasteiger partial charge in [0.2, 0.25) is 0 Å². The molecule has 5 nitrogen and oxygen atoms in total. The van der Waals surface area contributed by atoms with Crippen LogP contribution in [0.3, 0.4) is 0 Å². The van der Waals surface area contributed by atoms with Gasteiger partial charge < -0.3 is 18.9 Å². The molecule has 0 radical (unpaired) electrons. The largest absolute Gasteiger partial charge is 0.490 e. The fourth-order valence-corrected chi connectivity index (χ4v) is 2.60. The number of amides is 1. The van der Waals surface area contributed by atoms with Crippen LogP contribution in [0.5, 0.6) is 0 Å². The molecule has 0 aromatic rings. The molecule has 0 aromatic carbocycles. The standard InChI is InChI=1S/C17H30BNO4.C2H6/c1-15(2,3)21-14(20)19-11-8-9-13(10-12-19)18-22-16(4,5)17(6,7)23-18;1-2/h10H,8-9,11-12H2,1-7H3;1-2H3. The highest BCUT2D eigenvalue weighted by molar-refractivity contribution is 6.54. The van der Waals surface area contributed by atoms with Crippen LogP contribution in [0.1, 0.15) is 75.2 Å². The molecule has 0 unspecified atom stereocenters. The lowest BCUT2D eigenvalue weighted by molar-refractivity contribution is 0.00578. The van der Waals surface area contributed by atoms with E-state index in [2.05, 4.69) is 33.8 Å². The molecule has 2 rings (SSSR count). The van der Waals surface area contributed by atoms with Crippen LogP contribution in [0, 0.1) is 0 Å². The highest BCUT2D eigenvalue weighted by Gasteiger charge is 2.52. The Morgan fingerprint density at radius 3 is 2.16 bits per heavy atom. The smallest absolute Gasteiger partial charge is 0.444 e. The number of carbonyl (C=O) groups excluding carboxylic acids is 1. The summed E-state index contributed by atoms with van der Waals surface area (Å²) in [7, 11) is -0.321. The van der Waals surface area contributed by atoms with Crippen molar-refractivity contribution in [3.63, 3.8) is 0 Å². The summed E-state index contributed by atoms with van der Waals surface area (Å²) in [5.74, 6) is 0. The van der Waals surface area contributed by atoms with Crippen LogP contribution in [0.4, 0.5) is 4.79 Å². The molecule has 0 N–H and O–H groups in total. The average molecular weight is 353 g/mol. The van der Waals surface area contributed by atoms with Gasteiger partial charge in [0.05, 0.1) is 11.2 Å². The molecule has 6 heteroatoms. The van der Waals surface area contributed by atoms with E-state index in [1.54, 1.807) is 4.90 Å². The Labute approximate surface area is 154 Å². The molecule has 1 saturated heterocycles. The van der Waals surface area contributed by atoms with Gasteiger partial charge in [0.1, 0.15) is 5.60 Å². The minimum Gasteiger partial charge on any atom is -0.444 e. The van der Waals surface area contributed by atoms with Gasteiger partial charge >= 0.3 is 13.2 Å². The van der Waals surface area contributed by atoms with Crippen LogP contribution in [0.15, 0.2) is 11.5 Å². The molecule has 0 aliphatic carbocycles. The molecule has 0 aromatic heterocycles. The van der Waals surface area contributed by atoms with E-state index in [1.165, 1.54) is 0 Å². The Morgan fingerprint density at radius 1 is 1.16 bits per heavy atom. The molecule has 0 spiro atoms. The zero-order valence-electron chi connectivity index (χ0n) is 17.6. The summed E-state index contributed by atoms with van der Waals surface area (Å²) < 4.78 is 17.7. The van der Waals surface area contributed by atoms with E-state index in [0.29, 0.717) is 13.1 Å². The average Bonchev–Trinajstić information content (AvgIpc) is 2.66. The summed E-state index contributed by atoms with van der Waals surface area (Å²) >= 11 is 0. The topological polar surface area (TPSA) is 48.0 Å². The number of allylic oxidation sites excluding steroid dienone is 1. The minimum absolute atomic E-state index is 0.260. The van der Waals surface area contributed by atoms with Crippen molar-refractivity contribution in [1.29, 1.82) is 0 Å². The lowest BCUT2D eigenvalue weighted by atomic mass is 9.75. The number of nitrogens with zero attached hydrogens (tertiary/aromatic N) is 1. The molecule has 2 aliphatic rings. The maximum Gasteiger partial charge on any atom is 0.490 e. The molecule has 2 aliphatic heterocycles. The van der Waals surface area contributed by atoms with Crippen molar-refractivity contribution in [2.24, 2.45) is 0 Å². The number of ether oxygens (including phenoxy) is 1. The highest BCUT2D eigenvalue weighted by atomic mass is 16.7. The Balaban J connectivity index is 0.00000151. The predicted octanol–water partition coefficient (Wildman–Crippen LogP) is 4.60. The van der Waals surface area contributed by atoms with Gasteiger partial charge in [0.25, 0.3) is 0 Å². The molecule has 2 heterocycles. The number of hydrogen-bond acceptors (Lipinski definition) is 4. The van der Waals surface area contributed by atoms with Crippen molar-refractivity contribution >= 4 is 13.2 Å². The molecular weight excluding hydrogens is 317 g/mol. The van der Waals surface area contributed by atoms with Crippen LogP contribution in [-0.4, -0.2) is 48.0 Å². The van der Waals surface area contributed by atoms with Gasteiger partial charge in [0, 0.05) is 13.1 Å². The normalized spacial score (nSPS) is 22.5. The number of hydrogen-bond donors (Lipinski definition) is 0. The summed E-state index contributed by atoms with van der Waals surface area (Å²) in [5.41, 5.74) is -0.0258. The Hall–Kier alpha value is -1.01. The fraction of sp³-hybridized carbons (Fsp3) is 0.842. The van der Waals surface area contributed by atoms with Gasteiger partial charge in [-0.25, -0.2) is 4.79 Å². The molecular formula is C19H36BNO4. The predicted molar refractivity (Wildman–Crippen MR) is 103 cm³/mol. The Morgan fingerprint density at radius 2 is 1.68 bits per heavy atom. The van der Waals surface area contributed by atoms with E-state index >= 15 is 0 Å². The lowest BCUT2D eigenvalue weighted by Gasteiger charge is -2.32. The van der Waals surface area contributed by atoms with Crippen molar-refractivity contribution in [2.45, 2.75) is 92.0 Å². The van der Waals surface area contributed by atoms with Crippen molar-refractivity contribution in [1.82, 2.24) is 4.90 Å². The van der Waals surface area contributed by atoms with Gasteiger partial charge in [-0.15, -0.1) is 0 Å². The first-order chi connectivity index (χ1) is 11.4. The van der Waals surface area contributed by atoms with E-state index in [4.69, 9.17) is 14.0 Å². The summed E-state index contributed by atoms with van der Waals surface area (Å²) in [6.45, 7) is 19.1. The fourth-order valence-electron chi connectivity index (χ4n) is 2.60.